The molecule has 242 valence electrons. The van der Waals surface area contributed by atoms with Gasteiger partial charge in [-0.1, -0.05) is 45.2 Å². The number of carbonyl (C=O) groups is 5. The molecule has 0 aliphatic heterocycles. The molecule has 0 aromatic heterocycles. The first-order valence-electron chi connectivity index (χ1n) is 11.5. The maximum Gasteiger partial charge on any atom is 0.345 e. The zero-order valence-electron chi connectivity index (χ0n) is 21.4. The van der Waals surface area contributed by atoms with Gasteiger partial charge in [-0.2, -0.15) is 0 Å². The van der Waals surface area contributed by atoms with Gasteiger partial charge in [-0.15, -0.1) is 0 Å². The van der Waals surface area contributed by atoms with E-state index in [0.717, 1.165) is 0 Å². The number of hydrogen-bond acceptors (Lipinski definition) is 18. The largest absolute Gasteiger partial charge is 0.410 e. The van der Waals surface area contributed by atoms with Crippen LogP contribution in [0.2, 0.25) is 0 Å². The Morgan fingerprint density at radius 2 is 1.00 bits per heavy atom. The van der Waals surface area contributed by atoms with Gasteiger partial charge in [-0.25, -0.2) is 20.5 Å². The topological polar surface area (TPSA) is 332 Å². The van der Waals surface area contributed by atoms with E-state index >= 15 is 0 Å². The third kappa shape index (κ3) is 15.1. The Hall–Kier alpha value is -1.72. The van der Waals surface area contributed by atoms with E-state index in [1.807, 2.05) is 11.0 Å². The summed E-state index contributed by atoms with van der Waals surface area (Å²) in [5, 5.41) is 86.0. The number of alkyl halides is 2. The minimum absolute atomic E-state index is 0.0128. The van der Waals surface area contributed by atoms with Crippen LogP contribution in [0.3, 0.4) is 0 Å². The summed E-state index contributed by atoms with van der Waals surface area (Å²) in [4.78, 5) is 66.9. The van der Waals surface area contributed by atoms with Crippen LogP contribution in [0.1, 0.15) is 12.8 Å². The van der Waals surface area contributed by atoms with Gasteiger partial charge in [0.05, 0.1) is 15.3 Å². The van der Waals surface area contributed by atoms with Gasteiger partial charge in [-0.05, 0) is 0 Å². The van der Waals surface area contributed by atoms with Crippen LogP contribution < -0.4 is 11.0 Å². The smallest absolute Gasteiger partial charge is 0.345 e. The van der Waals surface area contributed by atoms with Crippen molar-refractivity contribution in [3.63, 3.8) is 0 Å². The van der Waals surface area contributed by atoms with E-state index in [0.29, 0.717) is 0 Å². The van der Waals surface area contributed by atoms with Gasteiger partial charge in [-0.3, -0.25) is 29.5 Å². The first-order chi connectivity index (χ1) is 19.6. The predicted octanol–water partition coefficient (Wildman–Crippen LogP) is -5.79. The van der Waals surface area contributed by atoms with Gasteiger partial charge in [0.15, 0.2) is 18.1 Å². The zero-order chi connectivity index (χ0) is 32.6. The Bertz CT molecular complexity index is 856. The fraction of sp³-hybridized carbons (Fsp3) is 0.700. The zero-order valence-corrected chi connectivity index (χ0v) is 25.7. The second-order valence-electron chi connectivity index (χ2n) is 8.06. The molecule has 0 rings (SSSR count). The third-order valence-corrected chi connectivity index (χ3v) is 6.12. The lowest BCUT2D eigenvalue weighted by atomic mass is 10.0. The molecule has 42 heavy (non-hydrogen) atoms. The molecule has 11 N–H and O–H groups in total. The molecular weight excluding hydrogens is 808 g/mol. The molecule has 0 saturated heterocycles. The summed E-state index contributed by atoms with van der Waals surface area (Å²) in [6.07, 6.45) is -19.4. The molecule has 0 radical (unpaired) electrons. The number of hydrogen-bond donors (Lipinski definition) is 11. The van der Waals surface area contributed by atoms with Crippen LogP contribution in [0.5, 0.6) is 0 Å². The lowest BCUT2D eigenvalue weighted by Gasteiger charge is -2.25. The lowest BCUT2D eigenvalue weighted by molar-refractivity contribution is -0.178. The third-order valence-electron chi connectivity index (χ3n) is 4.74. The maximum atomic E-state index is 11.9. The number of esters is 3. The number of ether oxygens (including phenoxy) is 2. The number of carbonyl (C=O) groups excluding carboxylic acids is 5. The molecule has 0 bridgehead atoms. The monoisotopic (exact) mass is 839 g/mol. The highest BCUT2D eigenvalue weighted by atomic mass is 127. The molecule has 8 atom stereocenters. The number of aliphatic hydroxyl groups is 8. The van der Waals surface area contributed by atoms with Crippen LogP contribution >= 0.6 is 45.2 Å². The summed E-state index contributed by atoms with van der Waals surface area (Å²) in [6, 6.07) is 0. The summed E-state index contributed by atoms with van der Waals surface area (Å²) in [5.74, 6) is -6.97. The van der Waals surface area contributed by atoms with E-state index < -0.39 is 111 Å². The molecule has 0 aromatic carbocycles. The highest BCUT2D eigenvalue weighted by Crippen LogP contribution is 2.10. The predicted molar refractivity (Wildman–Crippen MR) is 148 cm³/mol. The van der Waals surface area contributed by atoms with Crippen LogP contribution in [0.25, 0.3) is 0 Å². The summed E-state index contributed by atoms with van der Waals surface area (Å²) in [5.41, 5.74) is 3.79. The minimum atomic E-state index is -2.54. The summed E-state index contributed by atoms with van der Waals surface area (Å²) < 4.78 is 8.69. The Labute approximate surface area is 264 Å². The van der Waals surface area contributed by atoms with Crippen molar-refractivity contribution in [1.29, 1.82) is 5.41 Å². The van der Waals surface area contributed by atoms with Crippen LogP contribution in [-0.2, 0) is 43.1 Å². The summed E-state index contributed by atoms with van der Waals surface area (Å²) in [7, 11) is 0. The van der Waals surface area contributed by atoms with E-state index in [1.165, 1.54) is 0 Å². The van der Waals surface area contributed by atoms with Crippen LogP contribution in [0, 0.1) is 5.41 Å². The summed E-state index contributed by atoms with van der Waals surface area (Å²) in [6.45, 7) is -1.49. The molecule has 0 aliphatic rings. The molecule has 0 saturated carbocycles. The van der Waals surface area contributed by atoms with Gasteiger partial charge in [0.1, 0.15) is 49.8 Å². The molecule has 0 spiro atoms. The van der Waals surface area contributed by atoms with Crippen LogP contribution in [-0.4, -0.2) is 147 Å². The number of aliphatic hydroxyl groups excluding tert-OH is 8. The van der Waals surface area contributed by atoms with Crippen LogP contribution in [0.15, 0.2) is 0 Å². The van der Waals surface area contributed by atoms with Crippen molar-refractivity contribution in [3.05, 3.63) is 0 Å². The minimum Gasteiger partial charge on any atom is -0.410 e. The first kappa shape index (κ1) is 40.3. The molecule has 0 aliphatic carbocycles. The Morgan fingerprint density at radius 1 is 0.619 bits per heavy atom. The average Bonchev–Trinajstić information content (AvgIpc) is 2.96. The van der Waals surface area contributed by atoms with Crippen molar-refractivity contribution < 1.29 is 84.0 Å². The number of rotatable bonds is 19. The fourth-order valence-electron chi connectivity index (χ4n) is 2.45. The highest BCUT2D eigenvalue weighted by molar-refractivity contribution is 14.1. The second kappa shape index (κ2) is 21.1. The van der Waals surface area contributed by atoms with Gasteiger partial charge in [0.25, 0.3) is 11.8 Å². The van der Waals surface area contributed by atoms with Gasteiger partial charge >= 0.3 is 17.9 Å². The quantitative estimate of drug-likeness (QED) is 0.0110. The van der Waals surface area contributed by atoms with Crippen molar-refractivity contribution in [2.45, 2.75) is 61.7 Å². The maximum absolute atomic E-state index is 11.9. The molecule has 0 aromatic rings. The van der Waals surface area contributed by atoms with Crippen LogP contribution in [0.4, 0.5) is 0 Å². The first-order valence-corrected chi connectivity index (χ1v) is 14.5. The Kier molecular flexibility index (Phi) is 20.2. The van der Waals surface area contributed by atoms with Crippen molar-refractivity contribution in [2.24, 2.45) is 0 Å². The summed E-state index contributed by atoms with van der Waals surface area (Å²) >= 11 is 3.42. The van der Waals surface area contributed by atoms with E-state index in [1.54, 1.807) is 45.2 Å². The fourth-order valence-corrected chi connectivity index (χ4v) is 2.76. The van der Waals surface area contributed by atoms with Gasteiger partial charge in [0, 0.05) is 6.42 Å². The van der Waals surface area contributed by atoms with Gasteiger partial charge < -0.3 is 50.3 Å². The van der Waals surface area contributed by atoms with E-state index in [-0.39, 0.29) is 8.86 Å². The molecule has 20 nitrogen and oxygen atoms in total. The van der Waals surface area contributed by atoms with Crippen molar-refractivity contribution in [1.82, 2.24) is 11.0 Å². The van der Waals surface area contributed by atoms with Crippen molar-refractivity contribution in [2.75, 3.05) is 22.1 Å². The number of halogens is 2. The molecule has 0 heterocycles. The van der Waals surface area contributed by atoms with E-state index in [4.69, 9.17) is 5.41 Å². The number of hydroxylamine groups is 2. The molecule has 0 fully saturated rings. The Morgan fingerprint density at radius 3 is 1.38 bits per heavy atom. The SMILES string of the molecule is N=C(CCC(=O)OC(=O)C(O)C(O)C(O)C(O)CONC(=O)CI)OC(=O)C(O)C(O)C(O)C(O)CONC(=O)CI. The number of amides is 2. The van der Waals surface area contributed by atoms with Crippen molar-refractivity contribution in [3.8, 4) is 0 Å². The second-order valence-corrected chi connectivity index (χ2v) is 9.59. The van der Waals surface area contributed by atoms with Crippen molar-refractivity contribution >= 4 is 80.8 Å². The number of nitrogens with one attached hydrogen (secondary N) is 3. The lowest BCUT2D eigenvalue weighted by Crippen LogP contribution is -2.50. The molecule has 2 amide bonds. The standard InChI is InChI=1S/C20H31I2N3O17/c21-3-10(28)24-39-5-7(26)13(31)15(33)17(35)19(37)41-9(23)1-2-12(30)42-20(38)18(36)16(34)14(32)8(27)6-40-25-11(29)4-22/h7-8,13-18,23,26-27,31-36H,1-6H2,(H,24,28)(H,25,29). The highest BCUT2D eigenvalue weighted by Gasteiger charge is 2.38. The normalized spacial score (nSPS) is 16.9. The molecule has 8 unspecified atom stereocenters. The molecular formula is C20H31I2N3O17. The average molecular weight is 839 g/mol. The van der Waals surface area contributed by atoms with E-state index in [9.17, 15) is 64.8 Å². The molecule has 22 heteroatoms. The van der Waals surface area contributed by atoms with Gasteiger partial charge in [0.2, 0.25) is 0 Å². The Balaban J connectivity index is 4.63. The van der Waals surface area contributed by atoms with E-state index in [2.05, 4.69) is 19.1 Å².